The molecule has 1 heterocycles. The zero-order valence-corrected chi connectivity index (χ0v) is 16.6. The van der Waals surface area contributed by atoms with Crippen molar-refractivity contribution in [1.82, 2.24) is 4.90 Å². The Morgan fingerprint density at radius 3 is 2.59 bits per heavy atom. The van der Waals surface area contributed by atoms with Gasteiger partial charge in [0.05, 0.1) is 5.92 Å². The minimum Gasteiger partial charge on any atom is -0.452 e. The van der Waals surface area contributed by atoms with Crippen LogP contribution in [0.25, 0.3) is 10.8 Å². The molecule has 0 unspecified atom stereocenters. The normalized spacial score (nSPS) is 20.8. The predicted molar refractivity (Wildman–Crippen MR) is 110 cm³/mol. The number of nitrogens with one attached hydrogen (secondary N) is 1. The molecule has 1 saturated heterocycles. The molecule has 1 aliphatic carbocycles. The number of hydrogen-bond acceptors (Lipinski definition) is 4. The van der Waals surface area contributed by atoms with Gasteiger partial charge in [-0.1, -0.05) is 43.2 Å². The summed E-state index contributed by atoms with van der Waals surface area (Å²) in [5.74, 6) is -1.32. The molecule has 152 valence electrons. The summed E-state index contributed by atoms with van der Waals surface area (Å²) >= 11 is 0. The minimum atomic E-state index is -0.926. The number of carbonyl (C=O) groups excluding carboxylic acids is 3. The fourth-order valence-electron chi connectivity index (χ4n) is 4.29. The fraction of sp³-hybridized carbons (Fsp3) is 0.435. The number of anilines is 1. The highest BCUT2D eigenvalue weighted by Gasteiger charge is 2.40. The molecule has 0 spiro atoms. The van der Waals surface area contributed by atoms with Crippen LogP contribution in [0.15, 0.2) is 42.5 Å². The van der Waals surface area contributed by atoms with Gasteiger partial charge in [-0.3, -0.25) is 14.4 Å². The van der Waals surface area contributed by atoms with Crippen molar-refractivity contribution in [3.05, 3.63) is 42.5 Å². The van der Waals surface area contributed by atoms with Gasteiger partial charge < -0.3 is 15.0 Å². The molecule has 6 heteroatoms. The quantitative estimate of drug-likeness (QED) is 0.788. The first-order valence-electron chi connectivity index (χ1n) is 10.3. The van der Waals surface area contributed by atoms with Crippen molar-refractivity contribution in [1.29, 1.82) is 0 Å². The summed E-state index contributed by atoms with van der Waals surface area (Å²) in [6, 6.07) is 13.8. The number of ether oxygens (including phenoxy) is 1. The second-order valence-electron chi connectivity index (χ2n) is 8.02. The number of amides is 2. The molecule has 29 heavy (non-hydrogen) atoms. The van der Waals surface area contributed by atoms with E-state index in [1.807, 2.05) is 47.4 Å². The maximum atomic E-state index is 12.5. The maximum absolute atomic E-state index is 12.5. The van der Waals surface area contributed by atoms with E-state index in [1.165, 1.54) is 0 Å². The van der Waals surface area contributed by atoms with Crippen molar-refractivity contribution < 1.29 is 19.1 Å². The molecular weight excluding hydrogens is 368 g/mol. The van der Waals surface area contributed by atoms with Crippen LogP contribution in [0.3, 0.4) is 0 Å². The molecule has 0 bridgehead atoms. The molecule has 1 aliphatic heterocycles. The molecular formula is C23H26N2O4. The van der Waals surface area contributed by atoms with Crippen molar-refractivity contribution in [2.75, 3.05) is 11.9 Å². The Bertz CT molecular complexity index is 935. The van der Waals surface area contributed by atoms with E-state index in [-0.39, 0.29) is 24.3 Å². The summed E-state index contributed by atoms with van der Waals surface area (Å²) in [6.45, 7) is 1.96. The number of carbonyl (C=O) groups is 3. The van der Waals surface area contributed by atoms with E-state index in [4.69, 9.17) is 4.74 Å². The average molecular weight is 394 g/mol. The van der Waals surface area contributed by atoms with Crippen molar-refractivity contribution >= 4 is 34.2 Å². The number of fused-ring (bicyclic) bond motifs is 1. The van der Waals surface area contributed by atoms with Crippen molar-refractivity contribution in [3.8, 4) is 0 Å². The Kier molecular flexibility index (Phi) is 5.51. The van der Waals surface area contributed by atoms with Gasteiger partial charge in [0.1, 0.15) is 0 Å². The topological polar surface area (TPSA) is 75.7 Å². The van der Waals surface area contributed by atoms with Crippen LogP contribution in [-0.2, 0) is 19.1 Å². The average Bonchev–Trinajstić information content (AvgIpc) is 3.37. The van der Waals surface area contributed by atoms with Crippen molar-refractivity contribution in [2.24, 2.45) is 5.92 Å². The van der Waals surface area contributed by atoms with Gasteiger partial charge in [0, 0.05) is 24.7 Å². The van der Waals surface area contributed by atoms with Crippen LogP contribution in [-0.4, -0.2) is 41.4 Å². The second kappa shape index (κ2) is 8.23. The first-order chi connectivity index (χ1) is 14.0. The first kappa shape index (κ1) is 19.4. The standard InChI is InChI=1S/C23H26N2O4/c1-15(22(27)24-19-11-10-16-6-2-3-7-17(16)12-19)29-23(28)18-13-21(26)25(14-18)20-8-4-5-9-20/h2-3,6-7,10-12,15,18,20H,4-5,8-9,13-14H2,1H3,(H,24,27)/t15-,18+/m0/s1. The van der Waals surface area contributed by atoms with E-state index in [2.05, 4.69) is 5.32 Å². The van der Waals surface area contributed by atoms with Crippen LogP contribution in [0.2, 0.25) is 0 Å². The van der Waals surface area contributed by atoms with Crippen LogP contribution in [0, 0.1) is 5.92 Å². The second-order valence-corrected chi connectivity index (χ2v) is 8.02. The molecule has 6 nitrogen and oxygen atoms in total. The maximum Gasteiger partial charge on any atom is 0.312 e. The van der Waals surface area contributed by atoms with Crippen molar-refractivity contribution in [3.63, 3.8) is 0 Å². The molecule has 2 fully saturated rings. The monoisotopic (exact) mass is 394 g/mol. The minimum absolute atomic E-state index is 0.0205. The molecule has 1 N–H and O–H groups in total. The largest absolute Gasteiger partial charge is 0.452 e. The Hall–Kier alpha value is -2.89. The van der Waals surface area contributed by atoms with E-state index in [0.29, 0.717) is 12.2 Å². The molecule has 1 saturated carbocycles. The third kappa shape index (κ3) is 4.26. The summed E-state index contributed by atoms with van der Waals surface area (Å²) < 4.78 is 5.39. The summed E-state index contributed by atoms with van der Waals surface area (Å²) in [4.78, 5) is 39.1. The highest BCUT2D eigenvalue weighted by molar-refractivity contribution is 5.97. The van der Waals surface area contributed by atoms with Gasteiger partial charge in [-0.25, -0.2) is 0 Å². The third-order valence-electron chi connectivity index (χ3n) is 5.94. The lowest BCUT2D eigenvalue weighted by Crippen LogP contribution is -2.36. The number of benzene rings is 2. The van der Waals surface area contributed by atoms with Gasteiger partial charge in [0.2, 0.25) is 5.91 Å². The first-order valence-corrected chi connectivity index (χ1v) is 10.3. The van der Waals surface area contributed by atoms with Gasteiger partial charge in [0.25, 0.3) is 5.91 Å². The third-order valence-corrected chi connectivity index (χ3v) is 5.94. The summed E-state index contributed by atoms with van der Waals surface area (Å²) in [7, 11) is 0. The van der Waals surface area contributed by atoms with Gasteiger partial charge in [-0.05, 0) is 42.7 Å². The molecule has 2 aliphatic rings. The fourth-order valence-corrected chi connectivity index (χ4v) is 4.29. The summed E-state index contributed by atoms with van der Waals surface area (Å²) in [6.07, 6.45) is 3.54. The molecule has 2 aromatic rings. The Morgan fingerprint density at radius 1 is 1.10 bits per heavy atom. The lowest BCUT2D eigenvalue weighted by Gasteiger charge is -2.24. The van der Waals surface area contributed by atoms with E-state index in [1.54, 1.807) is 6.92 Å². The zero-order chi connectivity index (χ0) is 20.4. The van der Waals surface area contributed by atoms with Crippen LogP contribution in [0.4, 0.5) is 5.69 Å². The van der Waals surface area contributed by atoms with Gasteiger partial charge in [-0.2, -0.15) is 0 Å². The molecule has 2 atom stereocenters. The highest BCUT2D eigenvalue weighted by atomic mass is 16.5. The number of hydrogen-bond donors (Lipinski definition) is 1. The number of nitrogens with zero attached hydrogens (tertiary/aromatic N) is 1. The molecule has 2 amide bonds. The SMILES string of the molecule is C[C@H](OC(=O)[C@@H]1CC(=O)N(C2CCCC2)C1)C(=O)Nc1ccc2ccccc2c1. The molecule has 0 aromatic heterocycles. The Morgan fingerprint density at radius 2 is 1.83 bits per heavy atom. The Labute approximate surface area is 170 Å². The van der Waals surface area contributed by atoms with Gasteiger partial charge >= 0.3 is 5.97 Å². The summed E-state index contributed by atoms with van der Waals surface area (Å²) in [5, 5.41) is 4.90. The van der Waals surface area contributed by atoms with Crippen LogP contribution >= 0.6 is 0 Å². The molecule has 2 aromatic carbocycles. The lowest BCUT2D eigenvalue weighted by molar-refractivity contribution is -0.157. The van der Waals surface area contributed by atoms with E-state index >= 15 is 0 Å². The van der Waals surface area contributed by atoms with Crippen LogP contribution in [0.1, 0.15) is 39.0 Å². The van der Waals surface area contributed by atoms with E-state index in [0.717, 1.165) is 36.5 Å². The highest BCUT2D eigenvalue weighted by Crippen LogP contribution is 2.30. The number of rotatable bonds is 5. The van der Waals surface area contributed by atoms with Gasteiger partial charge in [-0.15, -0.1) is 0 Å². The number of likely N-dealkylation sites (tertiary alicyclic amines) is 1. The predicted octanol–water partition coefficient (Wildman–Crippen LogP) is 3.50. The Balaban J connectivity index is 1.33. The summed E-state index contributed by atoms with van der Waals surface area (Å²) in [5.41, 5.74) is 0.653. The van der Waals surface area contributed by atoms with Crippen LogP contribution in [0.5, 0.6) is 0 Å². The smallest absolute Gasteiger partial charge is 0.312 e. The van der Waals surface area contributed by atoms with E-state index < -0.39 is 18.0 Å². The lowest BCUT2D eigenvalue weighted by atomic mass is 10.1. The van der Waals surface area contributed by atoms with Gasteiger partial charge in [0.15, 0.2) is 6.10 Å². The molecule has 4 rings (SSSR count). The van der Waals surface area contributed by atoms with Crippen molar-refractivity contribution in [2.45, 2.75) is 51.2 Å². The van der Waals surface area contributed by atoms with E-state index in [9.17, 15) is 14.4 Å². The number of esters is 1. The molecule has 0 radical (unpaired) electrons. The van der Waals surface area contributed by atoms with Crippen LogP contribution < -0.4 is 5.32 Å². The zero-order valence-electron chi connectivity index (χ0n) is 16.6.